The van der Waals surface area contributed by atoms with E-state index in [9.17, 15) is 9.59 Å². The number of fused-ring (bicyclic) bond motifs is 1. The normalized spacial score (nSPS) is 16.5. The Labute approximate surface area is 144 Å². The van der Waals surface area contributed by atoms with Crippen molar-refractivity contribution in [2.45, 2.75) is 46.1 Å². The molecule has 7 heteroatoms. The van der Waals surface area contributed by atoms with Crippen molar-refractivity contribution in [2.24, 2.45) is 5.92 Å². The third kappa shape index (κ3) is 3.84. The van der Waals surface area contributed by atoms with Crippen LogP contribution < -0.4 is 10.6 Å². The Bertz CT molecular complexity index is 750. The van der Waals surface area contributed by atoms with Gasteiger partial charge in [0.2, 0.25) is 5.91 Å². The zero-order chi connectivity index (χ0) is 17.1. The summed E-state index contributed by atoms with van der Waals surface area (Å²) in [5.41, 5.74) is 1.12. The summed E-state index contributed by atoms with van der Waals surface area (Å²) in [6.07, 6.45) is 4.40. The minimum atomic E-state index is -0.317. The van der Waals surface area contributed by atoms with E-state index in [4.69, 9.17) is 4.42 Å². The standard InChI is InChI=1S/C17H21N3O3S/c1-3-11-4-6-13-15(8-11)24-17(19-13)20-16(22)14-7-5-12(23-14)9-18-10(2)21/h5,7,11H,3-4,6,8-9H2,1-2H3,(H,18,21)(H,19,20,22)/t11-/m1/s1. The fraction of sp³-hybridized carbons (Fsp3) is 0.471. The molecule has 6 nitrogen and oxygen atoms in total. The number of nitrogens with zero attached hydrogens (tertiary/aromatic N) is 1. The summed E-state index contributed by atoms with van der Waals surface area (Å²) in [7, 11) is 0. The summed E-state index contributed by atoms with van der Waals surface area (Å²) in [6, 6.07) is 3.29. The summed E-state index contributed by atoms with van der Waals surface area (Å²) in [6.45, 7) is 3.92. The van der Waals surface area contributed by atoms with E-state index in [2.05, 4.69) is 22.5 Å². The number of furan rings is 1. The van der Waals surface area contributed by atoms with Gasteiger partial charge >= 0.3 is 0 Å². The van der Waals surface area contributed by atoms with Gasteiger partial charge in [0.05, 0.1) is 12.2 Å². The second kappa shape index (κ2) is 7.17. The van der Waals surface area contributed by atoms with Gasteiger partial charge in [-0.15, -0.1) is 11.3 Å². The van der Waals surface area contributed by atoms with Gasteiger partial charge in [0, 0.05) is 11.8 Å². The van der Waals surface area contributed by atoms with E-state index in [-0.39, 0.29) is 24.1 Å². The molecule has 0 saturated carbocycles. The van der Waals surface area contributed by atoms with Crippen LogP contribution in [0.15, 0.2) is 16.5 Å². The number of hydrogen-bond donors (Lipinski definition) is 2. The number of thiazole rings is 1. The number of hydrogen-bond acceptors (Lipinski definition) is 5. The Morgan fingerprint density at radius 1 is 1.42 bits per heavy atom. The number of aryl methyl sites for hydroxylation is 1. The first kappa shape index (κ1) is 16.7. The second-order valence-corrected chi connectivity index (χ2v) is 7.12. The summed E-state index contributed by atoms with van der Waals surface area (Å²) in [5, 5.41) is 6.07. The monoisotopic (exact) mass is 347 g/mol. The highest BCUT2D eigenvalue weighted by molar-refractivity contribution is 7.15. The Morgan fingerprint density at radius 2 is 2.25 bits per heavy atom. The first-order chi connectivity index (χ1) is 11.5. The van der Waals surface area contributed by atoms with Crippen molar-refractivity contribution in [3.8, 4) is 0 Å². The molecule has 2 aromatic rings. The molecule has 1 aliphatic rings. The van der Waals surface area contributed by atoms with Crippen LogP contribution in [0.3, 0.4) is 0 Å². The predicted octanol–water partition coefficient (Wildman–Crippen LogP) is 3.14. The molecule has 0 unspecified atom stereocenters. The number of carbonyl (C=O) groups is 2. The highest BCUT2D eigenvalue weighted by Gasteiger charge is 2.22. The number of aromatic nitrogens is 1. The molecule has 2 aromatic heterocycles. The topological polar surface area (TPSA) is 84.2 Å². The van der Waals surface area contributed by atoms with Gasteiger partial charge in [-0.2, -0.15) is 0 Å². The third-order valence-corrected chi connectivity index (χ3v) is 5.27. The highest BCUT2D eigenvalue weighted by atomic mass is 32.1. The third-order valence-electron chi connectivity index (χ3n) is 4.24. The van der Waals surface area contributed by atoms with Crippen LogP contribution >= 0.6 is 11.3 Å². The average molecular weight is 347 g/mol. The maximum atomic E-state index is 12.3. The molecule has 0 spiro atoms. The first-order valence-corrected chi connectivity index (χ1v) is 9.00. The molecule has 0 aromatic carbocycles. The van der Waals surface area contributed by atoms with Crippen molar-refractivity contribution in [2.75, 3.05) is 5.32 Å². The van der Waals surface area contributed by atoms with Gasteiger partial charge < -0.3 is 9.73 Å². The second-order valence-electron chi connectivity index (χ2n) is 6.04. The van der Waals surface area contributed by atoms with Crippen LogP contribution in [0.25, 0.3) is 0 Å². The largest absolute Gasteiger partial charge is 0.454 e. The van der Waals surface area contributed by atoms with Crippen LogP contribution in [0.4, 0.5) is 5.13 Å². The summed E-state index contributed by atoms with van der Waals surface area (Å²) >= 11 is 1.56. The van der Waals surface area contributed by atoms with E-state index >= 15 is 0 Å². The molecule has 3 rings (SSSR count). The van der Waals surface area contributed by atoms with E-state index in [1.54, 1.807) is 23.5 Å². The Hall–Kier alpha value is -2.15. The molecule has 0 saturated heterocycles. The highest BCUT2D eigenvalue weighted by Crippen LogP contribution is 2.33. The predicted molar refractivity (Wildman–Crippen MR) is 92.1 cm³/mol. The van der Waals surface area contributed by atoms with Gasteiger partial charge in [0.25, 0.3) is 5.91 Å². The molecule has 2 amide bonds. The van der Waals surface area contributed by atoms with Gasteiger partial charge in [-0.05, 0) is 37.3 Å². The molecule has 2 heterocycles. The average Bonchev–Trinajstić information content (AvgIpc) is 3.18. The molecule has 0 aliphatic heterocycles. The zero-order valence-electron chi connectivity index (χ0n) is 13.8. The van der Waals surface area contributed by atoms with Gasteiger partial charge in [-0.1, -0.05) is 13.3 Å². The molecule has 1 aliphatic carbocycles. The van der Waals surface area contributed by atoms with Crippen LogP contribution in [0, 0.1) is 5.92 Å². The van der Waals surface area contributed by atoms with Crippen molar-refractivity contribution in [1.29, 1.82) is 0 Å². The maximum absolute atomic E-state index is 12.3. The van der Waals surface area contributed by atoms with E-state index < -0.39 is 0 Å². The van der Waals surface area contributed by atoms with Crippen molar-refractivity contribution in [1.82, 2.24) is 10.3 Å². The molecule has 0 radical (unpaired) electrons. The minimum Gasteiger partial charge on any atom is -0.454 e. The SMILES string of the molecule is CC[C@@H]1CCc2nc(NC(=O)c3ccc(CNC(C)=O)o3)sc2C1. The van der Waals surface area contributed by atoms with Gasteiger partial charge in [0.15, 0.2) is 10.9 Å². The van der Waals surface area contributed by atoms with Crippen molar-refractivity contribution in [3.05, 3.63) is 34.2 Å². The number of carbonyl (C=O) groups excluding carboxylic acids is 2. The van der Waals surface area contributed by atoms with Crippen molar-refractivity contribution >= 4 is 28.3 Å². The lowest BCUT2D eigenvalue weighted by Crippen LogP contribution is -2.18. The van der Waals surface area contributed by atoms with Crippen LogP contribution in [0.1, 0.15) is 53.6 Å². The van der Waals surface area contributed by atoms with Crippen molar-refractivity contribution in [3.63, 3.8) is 0 Å². The van der Waals surface area contributed by atoms with E-state index in [1.807, 2.05) is 0 Å². The molecular weight excluding hydrogens is 326 g/mol. The van der Waals surface area contributed by atoms with Crippen LogP contribution in [-0.2, 0) is 24.2 Å². The van der Waals surface area contributed by atoms with E-state index in [0.29, 0.717) is 10.9 Å². The van der Waals surface area contributed by atoms with Crippen LogP contribution in [0.2, 0.25) is 0 Å². The van der Waals surface area contributed by atoms with Crippen LogP contribution in [0.5, 0.6) is 0 Å². The molecule has 128 valence electrons. The van der Waals surface area contributed by atoms with Crippen LogP contribution in [-0.4, -0.2) is 16.8 Å². The fourth-order valence-electron chi connectivity index (χ4n) is 2.81. The lowest BCUT2D eigenvalue weighted by molar-refractivity contribution is -0.119. The number of anilines is 1. The first-order valence-electron chi connectivity index (χ1n) is 8.18. The lowest BCUT2D eigenvalue weighted by Gasteiger charge is -2.18. The number of nitrogens with one attached hydrogen (secondary N) is 2. The van der Waals surface area contributed by atoms with E-state index in [0.717, 1.165) is 24.5 Å². The maximum Gasteiger partial charge on any atom is 0.293 e. The quantitative estimate of drug-likeness (QED) is 0.870. The molecule has 24 heavy (non-hydrogen) atoms. The molecular formula is C17H21N3O3S. The smallest absolute Gasteiger partial charge is 0.293 e. The minimum absolute atomic E-state index is 0.142. The molecule has 1 atom stereocenters. The Balaban J connectivity index is 1.63. The number of rotatable bonds is 5. The fourth-order valence-corrected chi connectivity index (χ4v) is 3.93. The van der Waals surface area contributed by atoms with Gasteiger partial charge in [-0.3, -0.25) is 14.9 Å². The summed E-state index contributed by atoms with van der Waals surface area (Å²) < 4.78 is 5.45. The molecule has 2 N–H and O–H groups in total. The van der Waals surface area contributed by atoms with Gasteiger partial charge in [0.1, 0.15) is 5.76 Å². The zero-order valence-corrected chi connectivity index (χ0v) is 14.7. The van der Waals surface area contributed by atoms with Gasteiger partial charge in [-0.25, -0.2) is 4.98 Å². The Morgan fingerprint density at radius 3 is 3.00 bits per heavy atom. The summed E-state index contributed by atoms with van der Waals surface area (Å²) in [5.74, 6) is 1.02. The van der Waals surface area contributed by atoms with E-state index in [1.165, 1.54) is 24.6 Å². The van der Waals surface area contributed by atoms with Crippen molar-refractivity contribution < 1.29 is 14.0 Å². The summed E-state index contributed by atoms with van der Waals surface area (Å²) in [4.78, 5) is 29.0. The number of amides is 2. The lowest BCUT2D eigenvalue weighted by atomic mass is 9.89. The molecule has 0 bridgehead atoms. The Kier molecular flexibility index (Phi) is 4.99. The molecule has 0 fully saturated rings.